The average molecular weight is 542 g/mol. The van der Waals surface area contributed by atoms with Gasteiger partial charge in [0, 0.05) is 34.2 Å². The molecule has 0 aliphatic heterocycles. The molecule has 196 valence electrons. The molecule has 0 spiro atoms. The summed E-state index contributed by atoms with van der Waals surface area (Å²) in [5.41, 5.74) is -5.00. The summed E-state index contributed by atoms with van der Waals surface area (Å²) in [4.78, 5) is 17.1. The summed E-state index contributed by atoms with van der Waals surface area (Å²) in [7, 11) is -3.14. The molecule has 2 aromatic heterocycles. The molecule has 2 N–H and O–H groups in total. The lowest BCUT2D eigenvalue weighted by molar-refractivity contribution is -0.142. The van der Waals surface area contributed by atoms with Gasteiger partial charge >= 0.3 is 6.18 Å². The predicted octanol–water partition coefficient (Wildman–Crippen LogP) is 5.69. The number of benzene rings is 1. The van der Waals surface area contributed by atoms with E-state index in [0.717, 1.165) is 13.1 Å². The van der Waals surface area contributed by atoms with Crippen molar-refractivity contribution in [3.8, 4) is 11.8 Å². The van der Waals surface area contributed by atoms with Crippen LogP contribution in [0.1, 0.15) is 45.6 Å². The number of aromatic nitrogens is 3. The van der Waals surface area contributed by atoms with E-state index in [2.05, 4.69) is 20.5 Å². The van der Waals surface area contributed by atoms with Crippen LogP contribution >= 0.6 is 0 Å². The number of halogens is 5. The standard InChI is InChI=1S/C23H20F5N5O3S/c1-11-16(19(34)31-13-5-4-6-14(9-13)37(3,29)35)21(33-32-18(11)23(26,27)28)36-20-12(2)17(24)15(10-30-20)22(25)7-8-22/h4-6,9-10,29H,7-8H2,1-3H3,(H,31,34). The van der Waals surface area contributed by atoms with E-state index >= 15 is 0 Å². The number of hydrogen-bond acceptors (Lipinski definition) is 7. The van der Waals surface area contributed by atoms with Crippen molar-refractivity contribution in [1.29, 1.82) is 4.78 Å². The second-order valence-corrected chi connectivity index (χ2v) is 10.8. The highest BCUT2D eigenvalue weighted by Gasteiger charge is 2.48. The molecule has 1 fully saturated rings. The van der Waals surface area contributed by atoms with Gasteiger partial charge in [0.1, 0.15) is 17.0 Å². The number of amides is 1. The summed E-state index contributed by atoms with van der Waals surface area (Å²) in [6, 6.07) is 5.43. The summed E-state index contributed by atoms with van der Waals surface area (Å²) < 4.78 is 94.9. The molecule has 8 nitrogen and oxygen atoms in total. The lowest BCUT2D eigenvalue weighted by Gasteiger charge is -2.17. The van der Waals surface area contributed by atoms with Gasteiger partial charge in [0.25, 0.3) is 11.8 Å². The molecule has 2 heterocycles. The highest BCUT2D eigenvalue weighted by Crippen LogP contribution is 2.51. The fraction of sp³-hybridized carbons (Fsp3) is 0.304. The van der Waals surface area contributed by atoms with Gasteiger partial charge in [-0.2, -0.15) is 13.2 Å². The smallest absolute Gasteiger partial charge is 0.418 e. The van der Waals surface area contributed by atoms with E-state index in [0.29, 0.717) is 0 Å². The van der Waals surface area contributed by atoms with Crippen LogP contribution in [0.3, 0.4) is 0 Å². The second kappa shape index (κ2) is 9.01. The Kier molecular flexibility index (Phi) is 6.42. The van der Waals surface area contributed by atoms with Crippen LogP contribution < -0.4 is 10.1 Å². The Hall–Kier alpha value is -3.68. The van der Waals surface area contributed by atoms with Gasteiger partial charge in [0.05, 0.1) is 9.73 Å². The molecule has 0 saturated heterocycles. The van der Waals surface area contributed by atoms with Crippen LogP contribution in [0, 0.1) is 24.4 Å². The minimum Gasteiger partial charge on any atom is -0.418 e. The van der Waals surface area contributed by atoms with Crippen molar-refractivity contribution in [2.45, 2.75) is 43.4 Å². The fourth-order valence-corrected chi connectivity index (χ4v) is 4.27. The maximum Gasteiger partial charge on any atom is 0.435 e. The van der Waals surface area contributed by atoms with Crippen LogP contribution in [0.4, 0.5) is 27.6 Å². The molecule has 0 bridgehead atoms. The van der Waals surface area contributed by atoms with Crippen LogP contribution in [-0.2, 0) is 21.6 Å². The number of carbonyl (C=O) groups is 1. The Bertz CT molecular complexity index is 1520. The monoisotopic (exact) mass is 541 g/mol. The largest absolute Gasteiger partial charge is 0.435 e. The van der Waals surface area contributed by atoms with Crippen molar-refractivity contribution in [3.63, 3.8) is 0 Å². The van der Waals surface area contributed by atoms with E-state index < -0.39 is 61.9 Å². The quantitative estimate of drug-likeness (QED) is 0.388. The lowest BCUT2D eigenvalue weighted by Crippen LogP contribution is -2.21. The topological polar surface area (TPSA) is 118 Å². The summed E-state index contributed by atoms with van der Waals surface area (Å²) in [5.74, 6) is -3.14. The first-order valence-electron chi connectivity index (χ1n) is 10.7. The molecular weight excluding hydrogens is 521 g/mol. The highest BCUT2D eigenvalue weighted by atomic mass is 32.2. The zero-order chi connectivity index (χ0) is 27.3. The van der Waals surface area contributed by atoms with E-state index in [4.69, 9.17) is 9.52 Å². The molecule has 1 saturated carbocycles. The van der Waals surface area contributed by atoms with Crippen LogP contribution in [-0.4, -0.2) is 31.6 Å². The van der Waals surface area contributed by atoms with Crippen molar-refractivity contribution >= 4 is 21.3 Å². The first kappa shape index (κ1) is 26.4. The molecule has 1 aromatic carbocycles. The van der Waals surface area contributed by atoms with Crippen LogP contribution in [0.5, 0.6) is 11.8 Å². The summed E-state index contributed by atoms with van der Waals surface area (Å²) in [6.45, 7) is 2.23. The number of pyridine rings is 1. The van der Waals surface area contributed by atoms with Gasteiger partial charge in [-0.15, -0.1) is 10.2 Å². The van der Waals surface area contributed by atoms with Crippen molar-refractivity contribution in [2.24, 2.45) is 0 Å². The Morgan fingerprint density at radius 2 is 1.84 bits per heavy atom. The first-order valence-corrected chi connectivity index (χ1v) is 12.7. The zero-order valence-corrected chi connectivity index (χ0v) is 20.5. The fourth-order valence-electron chi connectivity index (χ4n) is 3.58. The van der Waals surface area contributed by atoms with Gasteiger partial charge in [0.15, 0.2) is 5.69 Å². The summed E-state index contributed by atoms with van der Waals surface area (Å²) in [5, 5.41) is 8.92. The molecule has 37 heavy (non-hydrogen) atoms. The van der Waals surface area contributed by atoms with Crippen LogP contribution in [0.2, 0.25) is 0 Å². The molecular formula is C23H20F5N5O3S. The van der Waals surface area contributed by atoms with Gasteiger partial charge < -0.3 is 10.1 Å². The lowest BCUT2D eigenvalue weighted by atomic mass is 10.1. The summed E-state index contributed by atoms with van der Waals surface area (Å²) >= 11 is 0. The Balaban J connectivity index is 1.76. The molecule has 1 aliphatic carbocycles. The minimum atomic E-state index is -4.95. The van der Waals surface area contributed by atoms with E-state index in [9.17, 15) is 31.0 Å². The third-order valence-corrected chi connectivity index (χ3v) is 6.94. The maximum absolute atomic E-state index is 14.8. The van der Waals surface area contributed by atoms with Crippen molar-refractivity contribution < 1.29 is 35.7 Å². The Morgan fingerprint density at radius 1 is 1.16 bits per heavy atom. The van der Waals surface area contributed by atoms with Gasteiger partial charge in [-0.1, -0.05) is 6.07 Å². The van der Waals surface area contributed by atoms with E-state index in [1.54, 1.807) is 0 Å². The van der Waals surface area contributed by atoms with Gasteiger partial charge in [-0.3, -0.25) is 4.79 Å². The SMILES string of the molecule is Cc1c(Oc2nnc(C(F)(F)F)c(C)c2C(=O)Nc2cccc(S(C)(=N)=O)c2)ncc(C2(F)CC2)c1F. The number of carbonyl (C=O) groups excluding carboxylic acids is 1. The number of alkyl halides is 4. The molecule has 0 radical (unpaired) electrons. The third kappa shape index (κ3) is 5.24. The number of ether oxygens (including phenoxy) is 1. The molecule has 1 aliphatic rings. The maximum atomic E-state index is 14.8. The molecule has 1 atom stereocenters. The molecule has 1 unspecified atom stereocenters. The zero-order valence-electron chi connectivity index (χ0n) is 19.7. The Labute approximate surface area is 208 Å². The van der Waals surface area contributed by atoms with Crippen molar-refractivity contribution in [3.05, 3.63) is 64.2 Å². The van der Waals surface area contributed by atoms with E-state index in [1.807, 2.05) is 0 Å². The number of nitrogens with zero attached hydrogens (tertiary/aromatic N) is 3. The Morgan fingerprint density at radius 3 is 2.43 bits per heavy atom. The normalized spacial score (nSPS) is 16.1. The van der Waals surface area contributed by atoms with Crippen LogP contribution in [0.25, 0.3) is 0 Å². The first-order chi connectivity index (χ1) is 17.1. The molecule has 14 heteroatoms. The molecule has 3 aromatic rings. The van der Waals surface area contributed by atoms with Crippen molar-refractivity contribution in [1.82, 2.24) is 15.2 Å². The van der Waals surface area contributed by atoms with Gasteiger partial charge in [-0.05, 0) is 50.5 Å². The average Bonchev–Trinajstić information content (AvgIpc) is 3.53. The minimum absolute atomic E-state index is 0.0439. The van der Waals surface area contributed by atoms with E-state index in [1.165, 1.54) is 37.4 Å². The number of anilines is 1. The molecule has 4 rings (SSSR count). The van der Waals surface area contributed by atoms with Gasteiger partial charge in [-0.25, -0.2) is 22.8 Å². The van der Waals surface area contributed by atoms with Crippen LogP contribution in [0.15, 0.2) is 35.4 Å². The number of hydrogen-bond donors (Lipinski definition) is 2. The summed E-state index contributed by atoms with van der Waals surface area (Å²) in [6.07, 6.45) is -2.59. The van der Waals surface area contributed by atoms with Crippen molar-refractivity contribution in [2.75, 3.05) is 11.6 Å². The van der Waals surface area contributed by atoms with E-state index in [-0.39, 0.29) is 34.6 Å². The second-order valence-electron chi connectivity index (χ2n) is 8.66. The highest BCUT2D eigenvalue weighted by molar-refractivity contribution is 7.91. The predicted molar refractivity (Wildman–Crippen MR) is 122 cm³/mol. The number of rotatable bonds is 6. The number of nitrogens with one attached hydrogen (secondary N) is 2. The third-order valence-electron chi connectivity index (χ3n) is 5.78. The molecule has 1 amide bonds. The van der Waals surface area contributed by atoms with Gasteiger partial charge in [0.2, 0.25) is 5.88 Å².